The lowest BCUT2D eigenvalue weighted by Crippen LogP contribution is -2.29. The van der Waals surface area contributed by atoms with Crippen molar-refractivity contribution in [3.63, 3.8) is 0 Å². The predicted molar refractivity (Wildman–Crippen MR) is 57.1 cm³/mol. The molecule has 0 aliphatic heterocycles. The Kier molecular flexibility index (Phi) is 2.99. The molecule has 76 valence electrons. The van der Waals surface area contributed by atoms with Gasteiger partial charge in [-0.15, -0.1) is 0 Å². The lowest BCUT2D eigenvalue weighted by Gasteiger charge is -2.12. The van der Waals surface area contributed by atoms with Crippen molar-refractivity contribution in [1.82, 2.24) is 14.9 Å². The largest absolute Gasteiger partial charge is 0.334 e. The average Bonchev–Trinajstić information content (AvgIpc) is 2.78. The molecule has 14 heavy (non-hydrogen) atoms. The van der Waals surface area contributed by atoms with Gasteiger partial charge in [-0.05, 0) is 19.8 Å². The summed E-state index contributed by atoms with van der Waals surface area (Å²) in [5, 5.41) is 3.54. The lowest BCUT2D eigenvalue weighted by atomic mass is 10.2. The van der Waals surface area contributed by atoms with Gasteiger partial charge < -0.3 is 9.88 Å². The van der Waals surface area contributed by atoms with Crippen molar-refractivity contribution >= 4 is 0 Å². The van der Waals surface area contributed by atoms with Crippen molar-refractivity contribution in [2.75, 3.05) is 6.54 Å². The zero-order chi connectivity index (χ0) is 9.80. The molecule has 0 atom stereocenters. The second-order valence-electron chi connectivity index (χ2n) is 3.76. The molecule has 1 aliphatic rings. The van der Waals surface area contributed by atoms with Crippen LogP contribution in [0.25, 0.3) is 0 Å². The number of imidazole rings is 1. The highest BCUT2D eigenvalue weighted by Gasteiger charge is 2.08. The Morgan fingerprint density at radius 2 is 2.29 bits per heavy atom. The number of nitrogens with zero attached hydrogens (tertiary/aromatic N) is 2. The molecule has 0 fully saturated rings. The summed E-state index contributed by atoms with van der Waals surface area (Å²) in [6.45, 7) is 4.09. The van der Waals surface area contributed by atoms with Gasteiger partial charge in [-0.2, -0.15) is 0 Å². The molecule has 1 aromatic rings. The maximum absolute atomic E-state index is 4.19. The summed E-state index contributed by atoms with van der Waals surface area (Å²) in [6, 6.07) is 0.666. The first kappa shape index (κ1) is 9.46. The summed E-state index contributed by atoms with van der Waals surface area (Å²) in [5.41, 5.74) is 0. The number of aryl methyl sites for hydroxylation is 1. The first-order valence-electron chi connectivity index (χ1n) is 5.22. The van der Waals surface area contributed by atoms with E-state index in [1.807, 2.05) is 19.3 Å². The van der Waals surface area contributed by atoms with Crippen molar-refractivity contribution in [3.8, 4) is 0 Å². The Morgan fingerprint density at radius 1 is 1.50 bits per heavy atom. The molecule has 1 heterocycles. The van der Waals surface area contributed by atoms with E-state index in [2.05, 4.69) is 27.0 Å². The van der Waals surface area contributed by atoms with Gasteiger partial charge in [0, 0.05) is 31.5 Å². The van der Waals surface area contributed by atoms with Crippen LogP contribution in [0.15, 0.2) is 24.5 Å². The fraction of sp³-hybridized carbons (Fsp3) is 0.545. The second-order valence-corrected chi connectivity index (χ2v) is 3.76. The van der Waals surface area contributed by atoms with Crippen molar-refractivity contribution in [1.29, 1.82) is 0 Å². The van der Waals surface area contributed by atoms with Gasteiger partial charge in [-0.3, -0.25) is 0 Å². The number of hydrogen-bond acceptors (Lipinski definition) is 2. The van der Waals surface area contributed by atoms with Crippen LogP contribution >= 0.6 is 0 Å². The van der Waals surface area contributed by atoms with Crippen molar-refractivity contribution in [3.05, 3.63) is 30.4 Å². The Bertz CT molecular complexity index is 306. The summed E-state index contributed by atoms with van der Waals surface area (Å²) in [4.78, 5) is 4.19. The van der Waals surface area contributed by atoms with Gasteiger partial charge in [0.25, 0.3) is 0 Å². The number of rotatable bonds is 4. The number of aromatic nitrogens is 2. The molecule has 2 rings (SSSR count). The molecule has 1 N–H and O–H groups in total. The molecule has 3 heteroatoms. The van der Waals surface area contributed by atoms with Crippen LogP contribution in [0.1, 0.15) is 18.7 Å². The van der Waals surface area contributed by atoms with Crippen LogP contribution in [0, 0.1) is 6.92 Å². The number of nitrogens with one attached hydrogen (secondary N) is 1. The summed E-state index contributed by atoms with van der Waals surface area (Å²) >= 11 is 0. The van der Waals surface area contributed by atoms with Crippen LogP contribution in [-0.2, 0) is 6.54 Å². The van der Waals surface area contributed by atoms with Crippen LogP contribution in [0.5, 0.6) is 0 Å². The minimum Gasteiger partial charge on any atom is -0.334 e. The maximum Gasteiger partial charge on any atom is 0.105 e. The van der Waals surface area contributed by atoms with Crippen LogP contribution in [0.3, 0.4) is 0 Å². The smallest absolute Gasteiger partial charge is 0.105 e. The summed E-state index contributed by atoms with van der Waals surface area (Å²) < 4.78 is 2.18. The minimum atomic E-state index is 0.666. The molecule has 1 aliphatic carbocycles. The third kappa shape index (κ3) is 2.23. The standard InChI is InChI=1S/C11H17N3/c1-10-12-6-8-14(10)9-7-13-11-4-2-3-5-11/h2-3,6,8,11,13H,4-5,7,9H2,1H3. The monoisotopic (exact) mass is 191 g/mol. The van der Waals surface area contributed by atoms with Crippen molar-refractivity contribution in [2.45, 2.75) is 32.4 Å². The van der Waals surface area contributed by atoms with Crippen molar-refractivity contribution in [2.24, 2.45) is 0 Å². The van der Waals surface area contributed by atoms with E-state index in [-0.39, 0.29) is 0 Å². The van der Waals surface area contributed by atoms with Gasteiger partial charge in [0.2, 0.25) is 0 Å². The van der Waals surface area contributed by atoms with E-state index in [4.69, 9.17) is 0 Å². The Hall–Kier alpha value is -1.09. The molecule has 0 amide bonds. The first-order valence-corrected chi connectivity index (χ1v) is 5.22. The molecule has 0 unspecified atom stereocenters. The van der Waals surface area contributed by atoms with Gasteiger partial charge in [0.15, 0.2) is 0 Å². The lowest BCUT2D eigenvalue weighted by molar-refractivity contribution is 0.503. The molecule has 1 aromatic heterocycles. The Morgan fingerprint density at radius 3 is 2.93 bits per heavy atom. The molecule has 3 nitrogen and oxygen atoms in total. The van der Waals surface area contributed by atoms with E-state index in [1.165, 1.54) is 12.8 Å². The van der Waals surface area contributed by atoms with E-state index in [1.54, 1.807) is 0 Å². The molecular weight excluding hydrogens is 174 g/mol. The Balaban J connectivity index is 1.70. The van der Waals surface area contributed by atoms with E-state index in [0.29, 0.717) is 6.04 Å². The topological polar surface area (TPSA) is 29.9 Å². The van der Waals surface area contributed by atoms with Crippen LogP contribution in [0.2, 0.25) is 0 Å². The molecular formula is C11H17N3. The quantitative estimate of drug-likeness (QED) is 0.731. The summed E-state index contributed by atoms with van der Waals surface area (Å²) in [7, 11) is 0. The highest BCUT2D eigenvalue weighted by atomic mass is 15.1. The average molecular weight is 191 g/mol. The van der Waals surface area contributed by atoms with Gasteiger partial charge >= 0.3 is 0 Å². The fourth-order valence-corrected chi connectivity index (χ4v) is 1.81. The third-order valence-electron chi connectivity index (χ3n) is 2.72. The van der Waals surface area contributed by atoms with E-state index in [0.717, 1.165) is 18.9 Å². The van der Waals surface area contributed by atoms with Gasteiger partial charge in [-0.25, -0.2) is 4.98 Å². The normalized spacial score (nSPS) is 16.6. The van der Waals surface area contributed by atoms with E-state index in [9.17, 15) is 0 Å². The molecule has 0 aromatic carbocycles. The molecule has 0 saturated carbocycles. The first-order chi connectivity index (χ1) is 6.86. The highest BCUT2D eigenvalue weighted by molar-refractivity contribution is 4.97. The van der Waals surface area contributed by atoms with Gasteiger partial charge in [0.05, 0.1) is 0 Å². The zero-order valence-corrected chi connectivity index (χ0v) is 8.61. The fourth-order valence-electron chi connectivity index (χ4n) is 1.81. The zero-order valence-electron chi connectivity index (χ0n) is 8.61. The second kappa shape index (κ2) is 4.42. The van der Waals surface area contributed by atoms with E-state index >= 15 is 0 Å². The minimum absolute atomic E-state index is 0.666. The van der Waals surface area contributed by atoms with Gasteiger partial charge in [-0.1, -0.05) is 12.2 Å². The van der Waals surface area contributed by atoms with Crippen LogP contribution in [-0.4, -0.2) is 22.1 Å². The highest BCUT2D eigenvalue weighted by Crippen LogP contribution is 2.08. The SMILES string of the molecule is Cc1nccn1CCNC1CC=CC1. The summed E-state index contributed by atoms with van der Waals surface area (Å²) in [5.74, 6) is 1.09. The van der Waals surface area contributed by atoms with Crippen LogP contribution < -0.4 is 5.32 Å². The van der Waals surface area contributed by atoms with Crippen molar-refractivity contribution < 1.29 is 0 Å². The Labute approximate surface area is 84.8 Å². The number of hydrogen-bond donors (Lipinski definition) is 1. The molecule has 0 bridgehead atoms. The van der Waals surface area contributed by atoms with E-state index < -0.39 is 0 Å². The molecule has 0 spiro atoms. The summed E-state index contributed by atoms with van der Waals surface area (Å²) in [6.07, 6.45) is 10.8. The predicted octanol–water partition coefficient (Wildman–Crippen LogP) is 1.50. The van der Waals surface area contributed by atoms with Crippen LogP contribution in [0.4, 0.5) is 0 Å². The maximum atomic E-state index is 4.19. The third-order valence-corrected chi connectivity index (χ3v) is 2.72. The molecule has 0 radical (unpaired) electrons. The van der Waals surface area contributed by atoms with Gasteiger partial charge in [0.1, 0.15) is 5.82 Å². The molecule has 0 saturated heterocycles.